The van der Waals surface area contributed by atoms with Crippen LogP contribution in [0.25, 0.3) is 0 Å². The molecule has 5 heteroatoms. The number of piperidine rings is 1. The zero-order valence-electron chi connectivity index (χ0n) is 17.1. The number of fused-ring (bicyclic) bond motifs is 3. The zero-order valence-corrected chi connectivity index (χ0v) is 17.1. The molecule has 4 bridgehead atoms. The summed E-state index contributed by atoms with van der Waals surface area (Å²) in [4.78, 5) is 15.3. The highest BCUT2D eigenvalue weighted by atomic mass is 16.6. The van der Waals surface area contributed by atoms with E-state index in [9.17, 15) is 4.79 Å². The Morgan fingerprint density at radius 3 is 2.71 bits per heavy atom. The van der Waals surface area contributed by atoms with Crippen molar-refractivity contribution in [2.75, 3.05) is 21.3 Å². The molecule has 0 N–H and O–H groups in total. The summed E-state index contributed by atoms with van der Waals surface area (Å²) in [5.74, 6) is 1.64. The van der Waals surface area contributed by atoms with Crippen molar-refractivity contribution in [3.05, 3.63) is 35.4 Å². The van der Waals surface area contributed by atoms with Gasteiger partial charge in [-0.05, 0) is 45.4 Å². The summed E-state index contributed by atoms with van der Waals surface area (Å²) >= 11 is 0. The summed E-state index contributed by atoms with van der Waals surface area (Å²) in [6.07, 6.45) is 6.13. The van der Waals surface area contributed by atoms with Gasteiger partial charge in [0.05, 0.1) is 18.4 Å². The minimum atomic E-state index is -0.723. The van der Waals surface area contributed by atoms with Crippen LogP contribution in [0.5, 0.6) is 11.5 Å². The maximum absolute atomic E-state index is 12.8. The molecule has 148 valence electrons. The van der Waals surface area contributed by atoms with Gasteiger partial charge in [0.2, 0.25) is 0 Å². The fourth-order valence-electron chi connectivity index (χ4n) is 7.73. The van der Waals surface area contributed by atoms with Crippen LogP contribution in [-0.2, 0) is 14.9 Å². The fraction of sp³-hybridized carbons (Fsp3) is 0.609. The Bertz CT molecular complexity index is 956. The number of Topliss-reactive ketones (excluding diaryl/α,β-unsaturated/α-hetero) is 1. The van der Waals surface area contributed by atoms with Gasteiger partial charge >= 0.3 is 0 Å². The van der Waals surface area contributed by atoms with Crippen molar-refractivity contribution in [3.8, 4) is 11.5 Å². The third-order valence-corrected chi connectivity index (χ3v) is 9.04. The van der Waals surface area contributed by atoms with Gasteiger partial charge in [-0.2, -0.15) is 0 Å². The molecule has 2 aliphatic heterocycles. The van der Waals surface area contributed by atoms with Gasteiger partial charge in [-0.15, -0.1) is 0 Å². The van der Waals surface area contributed by atoms with Crippen LogP contribution in [0, 0.1) is 11.3 Å². The molecule has 2 spiro atoms. The van der Waals surface area contributed by atoms with Crippen molar-refractivity contribution < 1.29 is 19.0 Å². The molecule has 1 saturated carbocycles. The number of likely N-dealkylation sites (tertiary alicyclic amines) is 1. The van der Waals surface area contributed by atoms with Crippen LogP contribution in [0.4, 0.5) is 0 Å². The van der Waals surface area contributed by atoms with Gasteiger partial charge in [-0.25, -0.2) is 0 Å². The topological polar surface area (TPSA) is 48.0 Å². The van der Waals surface area contributed by atoms with Crippen LogP contribution in [0.2, 0.25) is 0 Å². The highest BCUT2D eigenvalue weighted by molar-refractivity contribution is 5.82. The van der Waals surface area contributed by atoms with E-state index in [-0.39, 0.29) is 28.6 Å². The molecule has 1 aromatic carbocycles. The first-order valence-corrected chi connectivity index (χ1v) is 10.2. The number of hydrogen-bond donors (Lipinski definition) is 0. The van der Waals surface area contributed by atoms with Crippen LogP contribution in [0.1, 0.15) is 43.9 Å². The third kappa shape index (κ3) is 1.40. The number of rotatable bonds is 3. The van der Waals surface area contributed by atoms with Gasteiger partial charge in [0.1, 0.15) is 17.5 Å². The van der Waals surface area contributed by atoms with Gasteiger partial charge < -0.3 is 14.2 Å². The minimum Gasteiger partial charge on any atom is -0.493 e. The third-order valence-electron chi connectivity index (χ3n) is 9.04. The molecule has 7 rings (SSSR count). The van der Waals surface area contributed by atoms with Gasteiger partial charge in [-0.1, -0.05) is 18.2 Å². The van der Waals surface area contributed by atoms with Crippen LogP contribution >= 0.6 is 0 Å². The zero-order chi connectivity index (χ0) is 19.6. The average molecular weight is 381 g/mol. The standard InChI is InChI=1S/C23H27NO4/c1-12(25)15-10-21-8-9-23(15,27-5)20-22(21)11-16(24(3)13(21)2)14-6-7-17(26-4)19(28-20)18(14)22/h6-9,13,15-16,20H,10-11H2,1-5H3/t13-,15+,16?,20-,21-,22+,23-/m1/s1. The number of hydrogen-bond acceptors (Lipinski definition) is 5. The predicted molar refractivity (Wildman–Crippen MR) is 104 cm³/mol. The lowest BCUT2D eigenvalue weighted by molar-refractivity contribution is -0.210. The minimum absolute atomic E-state index is 0.150. The lowest BCUT2D eigenvalue weighted by Gasteiger charge is -2.68. The van der Waals surface area contributed by atoms with E-state index < -0.39 is 5.60 Å². The van der Waals surface area contributed by atoms with E-state index in [4.69, 9.17) is 14.2 Å². The van der Waals surface area contributed by atoms with Gasteiger partial charge in [-0.3, -0.25) is 9.69 Å². The van der Waals surface area contributed by atoms with E-state index in [2.05, 4.69) is 37.1 Å². The summed E-state index contributed by atoms with van der Waals surface area (Å²) in [5.41, 5.74) is 1.63. The molecule has 28 heavy (non-hydrogen) atoms. The second-order valence-corrected chi connectivity index (χ2v) is 9.39. The fourth-order valence-corrected chi connectivity index (χ4v) is 7.73. The van der Waals surface area contributed by atoms with Crippen molar-refractivity contribution in [3.63, 3.8) is 0 Å². The lowest BCUT2D eigenvalue weighted by atomic mass is 9.40. The molecular formula is C23H27NO4. The highest BCUT2D eigenvalue weighted by Gasteiger charge is 2.80. The quantitative estimate of drug-likeness (QED) is 0.754. The average Bonchev–Trinajstić information content (AvgIpc) is 3.23. The first-order valence-electron chi connectivity index (χ1n) is 10.2. The Balaban J connectivity index is 1.73. The van der Waals surface area contributed by atoms with Crippen molar-refractivity contribution in [2.45, 2.75) is 55.9 Å². The predicted octanol–water partition coefficient (Wildman–Crippen LogP) is 3.02. The summed E-state index contributed by atoms with van der Waals surface area (Å²) in [7, 11) is 5.66. The molecule has 4 aliphatic carbocycles. The Hall–Kier alpha value is -1.85. The van der Waals surface area contributed by atoms with E-state index in [0.717, 1.165) is 24.3 Å². The first kappa shape index (κ1) is 17.0. The summed E-state index contributed by atoms with van der Waals surface area (Å²) in [6, 6.07) is 4.92. The summed E-state index contributed by atoms with van der Waals surface area (Å²) < 4.78 is 18.6. The number of carbonyl (C=O) groups excluding carboxylic acids is 1. The van der Waals surface area contributed by atoms with E-state index in [1.54, 1.807) is 21.1 Å². The number of methoxy groups -OCH3 is 2. The Labute approximate surface area is 165 Å². The Morgan fingerprint density at radius 2 is 2.04 bits per heavy atom. The number of benzene rings is 1. The Morgan fingerprint density at radius 1 is 1.25 bits per heavy atom. The second kappa shape index (κ2) is 4.82. The monoisotopic (exact) mass is 381 g/mol. The molecule has 1 aromatic rings. The van der Waals surface area contributed by atoms with E-state index in [0.29, 0.717) is 12.1 Å². The van der Waals surface area contributed by atoms with Gasteiger partial charge in [0.15, 0.2) is 11.5 Å². The molecule has 5 nitrogen and oxygen atoms in total. The van der Waals surface area contributed by atoms with Crippen molar-refractivity contribution in [1.29, 1.82) is 0 Å². The van der Waals surface area contributed by atoms with Crippen molar-refractivity contribution in [1.82, 2.24) is 4.90 Å². The smallest absolute Gasteiger partial charge is 0.166 e. The summed E-state index contributed by atoms with van der Waals surface area (Å²) in [6.45, 7) is 4.02. The van der Waals surface area contributed by atoms with Crippen molar-refractivity contribution in [2.24, 2.45) is 11.3 Å². The first-order chi connectivity index (χ1) is 13.4. The second-order valence-electron chi connectivity index (χ2n) is 9.39. The normalized spacial score (nSPS) is 46.5. The van der Waals surface area contributed by atoms with Gasteiger partial charge in [0.25, 0.3) is 0 Å². The molecule has 1 unspecified atom stereocenters. The maximum atomic E-state index is 12.8. The van der Waals surface area contributed by atoms with Crippen LogP contribution in [0.15, 0.2) is 24.3 Å². The molecule has 2 heterocycles. The Kier molecular flexibility index (Phi) is 2.94. The van der Waals surface area contributed by atoms with Crippen molar-refractivity contribution >= 4 is 5.78 Å². The molecule has 0 aromatic heterocycles. The van der Waals surface area contributed by atoms with Crippen LogP contribution < -0.4 is 9.47 Å². The molecular weight excluding hydrogens is 354 g/mol. The number of ether oxygens (including phenoxy) is 3. The van der Waals surface area contributed by atoms with E-state index in [1.807, 2.05) is 6.07 Å². The molecule has 7 atom stereocenters. The maximum Gasteiger partial charge on any atom is 0.166 e. The SMILES string of the molecule is COc1ccc2c3c1O[C@H]1[C@@]4(OC)C=C[C@@]5(C[C@H]4C(C)=O)[C@@H](C)N(C)C2C[C@]315. The summed E-state index contributed by atoms with van der Waals surface area (Å²) in [5, 5.41) is 0. The number of ketones is 1. The molecule has 2 fully saturated rings. The lowest BCUT2D eigenvalue weighted by Crippen LogP contribution is -2.76. The number of carbonyl (C=O) groups is 1. The molecule has 1 saturated heterocycles. The van der Waals surface area contributed by atoms with E-state index >= 15 is 0 Å². The highest BCUT2D eigenvalue weighted by Crippen LogP contribution is 2.77. The molecule has 6 aliphatic rings. The van der Waals surface area contributed by atoms with Crippen LogP contribution in [-0.4, -0.2) is 49.7 Å². The molecule has 0 amide bonds. The van der Waals surface area contributed by atoms with Crippen LogP contribution in [0.3, 0.4) is 0 Å². The number of nitrogens with zero attached hydrogens (tertiary/aromatic N) is 1. The van der Waals surface area contributed by atoms with E-state index in [1.165, 1.54) is 11.1 Å². The largest absolute Gasteiger partial charge is 0.493 e. The molecule has 0 radical (unpaired) electrons. The van der Waals surface area contributed by atoms with Gasteiger partial charge in [0, 0.05) is 30.2 Å².